The molecule has 2 atom stereocenters. The van der Waals surface area contributed by atoms with E-state index in [1.54, 1.807) is 0 Å². The van der Waals surface area contributed by atoms with Gasteiger partial charge in [-0.15, -0.1) is 0 Å². The summed E-state index contributed by atoms with van der Waals surface area (Å²) in [5.74, 6) is 0. The Balaban J connectivity index is 4.50. The van der Waals surface area contributed by atoms with Crippen molar-refractivity contribution in [1.29, 1.82) is 0 Å². The molecule has 80 valence electrons. The SMILES string of the molecule is OCCC(O)(C(O)CO)C(O)CO. The highest BCUT2D eigenvalue weighted by molar-refractivity contribution is 4.92. The molecule has 6 nitrogen and oxygen atoms in total. The maximum atomic E-state index is 9.57. The maximum Gasteiger partial charge on any atom is 0.123 e. The van der Waals surface area contributed by atoms with Crippen LogP contribution in [-0.4, -0.2) is 68.3 Å². The Bertz CT molecular complexity index is 129. The Morgan fingerprint density at radius 1 is 0.923 bits per heavy atom. The summed E-state index contributed by atoms with van der Waals surface area (Å²) in [6.07, 6.45) is -3.51. The summed E-state index contributed by atoms with van der Waals surface area (Å²) in [7, 11) is 0. The average molecular weight is 196 g/mol. The van der Waals surface area contributed by atoms with Crippen LogP contribution in [0, 0.1) is 0 Å². The van der Waals surface area contributed by atoms with Crippen molar-refractivity contribution in [3.05, 3.63) is 0 Å². The molecule has 6 N–H and O–H groups in total. The standard InChI is InChI=1S/C7H16O6/c8-2-1-7(13,5(11)3-9)6(12)4-10/h5-6,8-13H,1-4H2. The number of hydrogen-bond acceptors (Lipinski definition) is 6. The van der Waals surface area contributed by atoms with E-state index >= 15 is 0 Å². The van der Waals surface area contributed by atoms with Gasteiger partial charge in [0.15, 0.2) is 0 Å². The maximum absolute atomic E-state index is 9.57. The number of aliphatic hydroxyl groups excluding tert-OH is 5. The highest BCUT2D eigenvalue weighted by Gasteiger charge is 2.41. The van der Waals surface area contributed by atoms with Crippen molar-refractivity contribution in [2.75, 3.05) is 19.8 Å². The third-order valence-electron chi connectivity index (χ3n) is 2.01. The Labute approximate surface area is 75.7 Å². The third-order valence-corrected chi connectivity index (χ3v) is 2.01. The van der Waals surface area contributed by atoms with E-state index in [1.807, 2.05) is 0 Å². The van der Waals surface area contributed by atoms with E-state index in [1.165, 1.54) is 0 Å². The summed E-state index contributed by atoms with van der Waals surface area (Å²) < 4.78 is 0. The molecule has 0 aliphatic heterocycles. The molecule has 0 aromatic rings. The molecule has 0 radical (unpaired) electrons. The van der Waals surface area contributed by atoms with Crippen LogP contribution in [0.2, 0.25) is 0 Å². The van der Waals surface area contributed by atoms with Gasteiger partial charge in [0.1, 0.15) is 17.8 Å². The Morgan fingerprint density at radius 2 is 1.31 bits per heavy atom. The lowest BCUT2D eigenvalue weighted by Crippen LogP contribution is -2.55. The zero-order valence-corrected chi connectivity index (χ0v) is 7.17. The molecule has 0 aromatic carbocycles. The first kappa shape index (κ1) is 12.8. The fraction of sp³-hybridized carbons (Fsp3) is 1.00. The molecule has 0 saturated heterocycles. The predicted molar refractivity (Wildman–Crippen MR) is 42.8 cm³/mol. The molecular weight excluding hydrogens is 180 g/mol. The van der Waals surface area contributed by atoms with Crippen molar-refractivity contribution >= 4 is 0 Å². The van der Waals surface area contributed by atoms with Gasteiger partial charge in [0.25, 0.3) is 0 Å². The first-order valence-corrected chi connectivity index (χ1v) is 3.94. The predicted octanol–water partition coefficient (Wildman–Crippen LogP) is -3.19. The molecule has 0 bridgehead atoms. The monoisotopic (exact) mass is 196 g/mol. The van der Waals surface area contributed by atoms with Crippen LogP contribution < -0.4 is 0 Å². The van der Waals surface area contributed by atoms with Crippen LogP contribution in [-0.2, 0) is 0 Å². The summed E-state index contributed by atoms with van der Waals surface area (Å²) in [5, 5.41) is 53.5. The molecule has 0 aliphatic carbocycles. The van der Waals surface area contributed by atoms with Gasteiger partial charge in [-0.3, -0.25) is 0 Å². The molecule has 0 aromatic heterocycles. The second-order valence-corrected chi connectivity index (χ2v) is 2.86. The highest BCUT2D eigenvalue weighted by Crippen LogP contribution is 2.20. The van der Waals surface area contributed by atoms with Crippen LogP contribution in [0.1, 0.15) is 6.42 Å². The minimum atomic E-state index is -2.07. The summed E-state index contributed by atoms with van der Waals surface area (Å²) in [5.41, 5.74) is -2.07. The van der Waals surface area contributed by atoms with Crippen LogP contribution in [0.5, 0.6) is 0 Å². The molecular formula is C7H16O6. The van der Waals surface area contributed by atoms with Crippen molar-refractivity contribution in [3.8, 4) is 0 Å². The van der Waals surface area contributed by atoms with Gasteiger partial charge < -0.3 is 30.6 Å². The summed E-state index contributed by atoms with van der Waals surface area (Å²) in [6.45, 7) is -1.98. The first-order chi connectivity index (χ1) is 6.02. The van der Waals surface area contributed by atoms with Gasteiger partial charge in [-0.2, -0.15) is 0 Å². The molecule has 13 heavy (non-hydrogen) atoms. The summed E-state index contributed by atoms with van der Waals surface area (Å²) in [4.78, 5) is 0. The molecule has 0 rings (SSSR count). The second kappa shape index (κ2) is 5.48. The van der Waals surface area contributed by atoms with Crippen molar-refractivity contribution in [2.45, 2.75) is 24.2 Å². The fourth-order valence-corrected chi connectivity index (χ4v) is 1.05. The van der Waals surface area contributed by atoms with E-state index in [-0.39, 0.29) is 6.42 Å². The van der Waals surface area contributed by atoms with Gasteiger partial charge in [0.05, 0.1) is 13.2 Å². The van der Waals surface area contributed by atoms with E-state index in [2.05, 4.69) is 0 Å². The van der Waals surface area contributed by atoms with Crippen LogP contribution in [0.25, 0.3) is 0 Å². The van der Waals surface area contributed by atoms with E-state index in [9.17, 15) is 5.11 Å². The van der Waals surface area contributed by atoms with Gasteiger partial charge >= 0.3 is 0 Å². The van der Waals surface area contributed by atoms with Crippen molar-refractivity contribution in [2.24, 2.45) is 0 Å². The largest absolute Gasteiger partial charge is 0.396 e. The lowest BCUT2D eigenvalue weighted by atomic mass is 9.87. The lowest BCUT2D eigenvalue weighted by molar-refractivity contribution is -0.174. The quantitative estimate of drug-likeness (QED) is 0.266. The van der Waals surface area contributed by atoms with E-state index in [4.69, 9.17) is 25.5 Å². The van der Waals surface area contributed by atoms with Crippen molar-refractivity contribution in [3.63, 3.8) is 0 Å². The zero-order chi connectivity index (χ0) is 10.5. The molecule has 0 aliphatic rings. The molecule has 0 saturated carbocycles. The Hall–Kier alpha value is -0.240. The highest BCUT2D eigenvalue weighted by atomic mass is 16.4. The molecule has 0 spiro atoms. The second-order valence-electron chi connectivity index (χ2n) is 2.86. The zero-order valence-electron chi connectivity index (χ0n) is 7.17. The number of hydrogen-bond donors (Lipinski definition) is 6. The van der Waals surface area contributed by atoms with Gasteiger partial charge in [-0.05, 0) is 0 Å². The molecule has 0 heterocycles. The molecule has 6 heteroatoms. The van der Waals surface area contributed by atoms with Crippen molar-refractivity contribution < 1.29 is 30.6 Å². The van der Waals surface area contributed by atoms with Gasteiger partial charge in [0.2, 0.25) is 0 Å². The summed E-state index contributed by atoms with van der Waals surface area (Å²) >= 11 is 0. The van der Waals surface area contributed by atoms with E-state index in [0.717, 1.165) is 0 Å². The first-order valence-electron chi connectivity index (χ1n) is 3.94. The van der Waals surface area contributed by atoms with Gasteiger partial charge in [-0.1, -0.05) is 0 Å². The molecule has 2 unspecified atom stereocenters. The van der Waals surface area contributed by atoms with E-state index in [0.29, 0.717) is 0 Å². The van der Waals surface area contributed by atoms with E-state index < -0.39 is 37.6 Å². The van der Waals surface area contributed by atoms with Gasteiger partial charge in [0, 0.05) is 13.0 Å². The average Bonchev–Trinajstić information content (AvgIpc) is 2.15. The number of rotatable bonds is 6. The third kappa shape index (κ3) is 2.87. The lowest BCUT2D eigenvalue weighted by Gasteiger charge is -2.34. The Morgan fingerprint density at radius 3 is 1.54 bits per heavy atom. The topological polar surface area (TPSA) is 121 Å². The summed E-state index contributed by atoms with van der Waals surface area (Å²) in [6, 6.07) is 0. The minimum absolute atomic E-state index is 0.323. The van der Waals surface area contributed by atoms with Gasteiger partial charge in [-0.25, -0.2) is 0 Å². The van der Waals surface area contributed by atoms with Crippen LogP contribution in [0.3, 0.4) is 0 Å². The Kier molecular flexibility index (Phi) is 5.38. The van der Waals surface area contributed by atoms with Crippen LogP contribution in [0.15, 0.2) is 0 Å². The van der Waals surface area contributed by atoms with Crippen LogP contribution in [0.4, 0.5) is 0 Å². The van der Waals surface area contributed by atoms with Crippen molar-refractivity contribution in [1.82, 2.24) is 0 Å². The minimum Gasteiger partial charge on any atom is -0.396 e. The molecule has 0 fully saturated rings. The van der Waals surface area contributed by atoms with Crippen LogP contribution >= 0.6 is 0 Å². The fourth-order valence-electron chi connectivity index (χ4n) is 1.05. The number of aliphatic hydroxyl groups is 6. The smallest absolute Gasteiger partial charge is 0.123 e. The normalized spacial score (nSPS) is 20.8. The molecule has 0 amide bonds.